The number of hydrogen-bond donors (Lipinski definition) is 0. The Hall–Kier alpha value is -2.01. The molecular formula is C59H84BN3S. The summed E-state index contributed by atoms with van der Waals surface area (Å²) in [6.07, 6.45) is 63.5. The summed E-state index contributed by atoms with van der Waals surface area (Å²) in [6, 6.07) is 3.06. The van der Waals surface area contributed by atoms with Gasteiger partial charge in [0.15, 0.2) is 6.71 Å². The highest BCUT2D eigenvalue weighted by atomic mass is 32.2. The lowest BCUT2D eigenvalue weighted by Gasteiger charge is -2.66. The third-order valence-corrected chi connectivity index (χ3v) is 23.6. The molecule has 0 radical (unpaired) electrons. The molecule has 0 bridgehead atoms. The summed E-state index contributed by atoms with van der Waals surface area (Å²) in [4.78, 5) is 9.90. The maximum atomic E-state index is 3.39. The van der Waals surface area contributed by atoms with Crippen molar-refractivity contribution in [1.82, 2.24) is 14.7 Å². The van der Waals surface area contributed by atoms with Crippen LogP contribution in [0.4, 0.5) is 0 Å². The molecule has 11 unspecified atom stereocenters. The van der Waals surface area contributed by atoms with E-state index in [4.69, 9.17) is 0 Å². The van der Waals surface area contributed by atoms with Crippen LogP contribution in [0.15, 0.2) is 82.9 Å². The van der Waals surface area contributed by atoms with Crippen molar-refractivity contribution in [3.05, 3.63) is 82.9 Å². The molecule has 344 valence electrons. The lowest BCUT2D eigenvalue weighted by Crippen LogP contribution is -2.71. The molecular weight excluding hydrogens is 794 g/mol. The molecule has 5 heteroatoms. The standard InChI is InChI=1S/C59H84BN3S/c1-58(2)59(34-20-7-21-35-59)48-36-42(40-22-8-3-9-23-40)37-49-56(48)63(58)52-39-45(61(43-26-12-5-13-27-43)44-28-14-6-15-29-44)38-51-54(52)60(49)57-55(47-31-17-19-33-53(47)64-57)62(51)50-32-18-16-30-46(50)41-24-10-4-11-25-41/h12,17,19,24,26-27,31,33,39-40,42,44-45,47-49,51,53-57H,3-11,13-16,18,20-23,25,28-30,32,34-38H2,1-2H3. The van der Waals surface area contributed by atoms with Crippen molar-refractivity contribution in [2.45, 2.75) is 251 Å². The first-order valence-corrected chi connectivity index (χ1v) is 29.3. The van der Waals surface area contributed by atoms with Gasteiger partial charge in [-0.15, -0.1) is 0 Å². The maximum absolute atomic E-state index is 3.39. The zero-order valence-corrected chi connectivity index (χ0v) is 41.1. The van der Waals surface area contributed by atoms with Crippen LogP contribution < -0.4 is 0 Å². The Morgan fingerprint density at radius 2 is 1.50 bits per heavy atom. The molecule has 64 heavy (non-hydrogen) atoms. The van der Waals surface area contributed by atoms with Gasteiger partial charge in [-0.25, -0.2) is 0 Å². The van der Waals surface area contributed by atoms with Gasteiger partial charge in [0.05, 0.1) is 6.04 Å². The molecule has 1 spiro atoms. The Bertz CT molecular complexity index is 2000. The fourth-order valence-corrected chi connectivity index (χ4v) is 21.5. The number of nitrogens with zero attached hydrogens (tertiary/aromatic N) is 3. The van der Waals surface area contributed by atoms with Gasteiger partial charge in [-0.05, 0) is 175 Å². The quantitative estimate of drug-likeness (QED) is 0.246. The van der Waals surface area contributed by atoms with E-state index < -0.39 is 0 Å². The number of thioether (sulfide) groups is 1. The van der Waals surface area contributed by atoms with Gasteiger partial charge in [-0.1, -0.05) is 120 Å². The summed E-state index contributed by atoms with van der Waals surface area (Å²) in [6.45, 7) is 6.49. The smallest absolute Gasteiger partial charge is 0.175 e. The zero-order valence-electron chi connectivity index (χ0n) is 40.3. The van der Waals surface area contributed by atoms with Gasteiger partial charge < -0.3 is 14.7 Å². The summed E-state index contributed by atoms with van der Waals surface area (Å²) in [5.74, 6) is 4.90. The average Bonchev–Trinajstić information content (AvgIpc) is 3.82. The molecule has 0 amide bonds. The first-order chi connectivity index (χ1) is 31.5. The van der Waals surface area contributed by atoms with Crippen LogP contribution in [0.5, 0.6) is 0 Å². The van der Waals surface area contributed by atoms with Crippen LogP contribution in [-0.4, -0.2) is 67.6 Å². The first kappa shape index (κ1) is 42.1. The van der Waals surface area contributed by atoms with Crippen molar-refractivity contribution in [3.8, 4) is 0 Å². The summed E-state index contributed by atoms with van der Waals surface area (Å²) < 4.78 is 0. The largest absolute Gasteiger partial charge is 0.368 e. The van der Waals surface area contributed by atoms with Gasteiger partial charge in [0.2, 0.25) is 0 Å². The second-order valence-corrected chi connectivity index (χ2v) is 26.2. The Kier molecular flexibility index (Phi) is 11.1. The molecule has 8 fully saturated rings. The van der Waals surface area contributed by atoms with Crippen LogP contribution in [0, 0.1) is 29.1 Å². The van der Waals surface area contributed by atoms with Crippen molar-refractivity contribution >= 4 is 18.5 Å². The van der Waals surface area contributed by atoms with Crippen molar-refractivity contribution in [2.75, 3.05) is 0 Å². The third kappa shape index (κ3) is 6.52. The van der Waals surface area contributed by atoms with E-state index in [1.807, 2.05) is 17.0 Å². The van der Waals surface area contributed by atoms with E-state index in [9.17, 15) is 0 Å². The molecule has 4 saturated heterocycles. The Morgan fingerprint density at radius 1 is 0.719 bits per heavy atom. The van der Waals surface area contributed by atoms with Crippen molar-refractivity contribution in [1.29, 1.82) is 0 Å². The first-order valence-electron chi connectivity index (χ1n) is 28.4. The number of hydrogen-bond acceptors (Lipinski definition) is 4. The van der Waals surface area contributed by atoms with Gasteiger partial charge >= 0.3 is 0 Å². The van der Waals surface area contributed by atoms with Crippen molar-refractivity contribution < 1.29 is 0 Å². The van der Waals surface area contributed by atoms with Crippen molar-refractivity contribution in [2.24, 2.45) is 29.1 Å². The van der Waals surface area contributed by atoms with Crippen LogP contribution in [-0.2, 0) is 0 Å². The normalized spacial score (nSPS) is 41.2. The van der Waals surface area contributed by atoms with E-state index in [0.717, 1.165) is 36.3 Å². The molecule has 0 aromatic carbocycles. The predicted molar refractivity (Wildman–Crippen MR) is 271 cm³/mol. The summed E-state index contributed by atoms with van der Waals surface area (Å²) in [5, 5.41) is 1.34. The fraction of sp³-hybridized carbons (Fsp3) is 0.763. The molecule has 4 saturated carbocycles. The Morgan fingerprint density at radius 3 is 2.30 bits per heavy atom. The highest BCUT2D eigenvalue weighted by molar-refractivity contribution is 8.02. The van der Waals surface area contributed by atoms with Gasteiger partial charge in [-0.3, -0.25) is 0 Å². The van der Waals surface area contributed by atoms with Crippen LogP contribution in [0.25, 0.3) is 0 Å². The molecule has 0 aromatic heterocycles. The monoisotopic (exact) mass is 878 g/mol. The highest BCUT2D eigenvalue weighted by Crippen LogP contribution is 2.73. The van der Waals surface area contributed by atoms with Gasteiger partial charge in [0.1, 0.15) is 0 Å². The third-order valence-electron chi connectivity index (χ3n) is 21.9. The van der Waals surface area contributed by atoms with E-state index in [1.165, 1.54) is 173 Å². The summed E-state index contributed by atoms with van der Waals surface area (Å²) in [7, 11) is 0. The van der Waals surface area contributed by atoms with Crippen molar-refractivity contribution in [3.63, 3.8) is 0 Å². The predicted octanol–water partition coefficient (Wildman–Crippen LogP) is 14.9. The van der Waals surface area contributed by atoms with E-state index in [-0.39, 0.29) is 5.54 Å². The molecule has 4 heterocycles. The second kappa shape index (κ2) is 16.9. The minimum atomic E-state index is 0.192. The van der Waals surface area contributed by atoms with E-state index >= 15 is 0 Å². The average molecular weight is 878 g/mol. The maximum Gasteiger partial charge on any atom is 0.175 e. The summed E-state index contributed by atoms with van der Waals surface area (Å²) in [5.41, 5.74) is 9.59. The molecule has 11 atom stereocenters. The lowest BCUT2D eigenvalue weighted by atomic mass is 9.22. The molecule has 13 aliphatic rings. The van der Waals surface area contributed by atoms with E-state index in [0.29, 0.717) is 51.7 Å². The lowest BCUT2D eigenvalue weighted by molar-refractivity contribution is 0.0128. The highest BCUT2D eigenvalue weighted by Gasteiger charge is 2.74. The van der Waals surface area contributed by atoms with Gasteiger partial charge in [-0.2, -0.15) is 11.8 Å². The molecule has 3 nitrogen and oxygen atoms in total. The summed E-state index contributed by atoms with van der Waals surface area (Å²) >= 11 is 2.51. The minimum Gasteiger partial charge on any atom is -0.368 e. The van der Waals surface area contributed by atoms with E-state index in [2.05, 4.69) is 95.0 Å². The van der Waals surface area contributed by atoms with Crippen LogP contribution in [0.2, 0.25) is 11.6 Å². The topological polar surface area (TPSA) is 9.72 Å². The van der Waals surface area contributed by atoms with Gasteiger partial charge in [0.25, 0.3) is 0 Å². The van der Waals surface area contributed by atoms with Crippen LogP contribution >= 0.6 is 11.8 Å². The Balaban J connectivity index is 1.04. The number of allylic oxidation sites excluding steroid dienone is 9. The zero-order chi connectivity index (χ0) is 42.6. The SMILES string of the molecule is CC1(C)N2C3=CC(N(C4=CCCC=C4)C4CCCCC4)CC4C3B(C3CC(C5CCCCC5)CC(C32)C12CCCCC2)C1SC2C=CC=CC2C1N4C1=C(C2=CCCCC2)CCCC1. The Labute approximate surface area is 394 Å². The molecule has 0 aromatic rings. The van der Waals surface area contributed by atoms with Crippen LogP contribution in [0.1, 0.15) is 194 Å². The fourth-order valence-electron chi connectivity index (χ4n) is 19.5. The molecule has 13 rings (SSSR count). The second-order valence-electron chi connectivity index (χ2n) is 24.8. The van der Waals surface area contributed by atoms with Crippen LogP contribution in [0.3, 0.4) is 0 Å². The van der Waals surface area contributed by atoms with E-state index in [1.54, 1.807) is 17.7 Å². The minimum absolute atomic E-state index is 0.192. The van der Waals surface area contributed by atoms with Gasteiger partial charge in [0, 0.05) is 63.1 Å². The molecule has 0 N–H and O–H groups in total. The molecule has 4 aliphatic heterocycles. The number of rotatable bonds is 6. The molecule has 9 aliphatic carbocycles. The number of fused-ring (bicyclic) bond motifs is 7.